The Labute approximate surface area is 178 Å². The van der Waals surface area contributed by atoms with Crippen LogP contribution in [-0.4, -0.2) is 43.4 Å². The fourth-order valence-electron chi connectivity index (χ4n) is 4.29. The van der Waals surface area contributed by atoms with E-state index in [0.717, 1.165) is 16.3 Å². The van der Waals surface area contributed by atoms with Crippen molar-refractivity contribution in [3.8, 4) is 5.75 Å². The van der Waals surface area contributed by atoms with Gasteiger partial charge in [0, 0.05) is 30.3 Å². The van der Waals surface area contributed by atoms with Crippen LogP contribution in [0.4, 0.5) is 5.82 Å². The van der Waals surface area contributed by atoms with E-state index in [1.165, 1.54) is 24.7 Å². The highest BCUT2D eigenvalue weighted by Gasteiger charge is 2.36. The number of nitrogen functional groups attached to an aromatic ring is 1. The number of rotatable bonds is 5. The molecule has 8 nitrogen and oxygen atoms in total. The van der Waals surface area contributed by atoms with E-state index < -0.39 is 12.2 Å². The predicted octanol–water partition coefficient (Wildman–Crippen LogP) is 3.17. The molecular weight excluding hydrogens is 394 g/mol. The molecule has 1 saturated heterocycles. The molecule has 4 aromatic rings. The zero-order chi connectivity index (χ0) is 20.9. The standard InChI is InChI=1S/C23H23N5O3/c24-22-17-5-6-28(23(17)27-12-26-22)21-9-19(29)20(31-21)11-30-16-4-3-14-7-15(13-1-2-13)10-25-18(14)8-16/h3-8,10,12-13,19-21,29H,1-2,9,11H2,(H2,24,26,27)/t19-,20+,21+/m0/s1. The number of pyridine rings is 1. The van der Waals surface area contributed by atoms with Crippen molar-refractivity contribution >= 4 is 27.8 Å². The Bertz CT molecular complexity index is 1270. The van der Waals surface area contributed by atoms with Crippen molar-refractivity contribution < 1.29 is 14.6 Å². The van der Waals surface area contributed by atoms with Gasteiger partial charge in [-0.1, -0.05) is 0 Å². The number of aliphatic hydroxyl groups excluding tert-OH is 1. The van der Waals surface area contributed by atoms with Gasteiger partial charge in [0.05, 0.1) is 17.0 Å². The third-order valence-electron chi connectivity index (χ3n) is 6.19. The number of aliphatic hydroxyl groups is 1. The number of anilines is 1. The van der Waals surface area contributed by atoms with Crippen molar-refractivity contribution in [2.24, 2.45) is 0 Å². The van der Waals surface area contributed by atoms with E-state index in [-0.39, 0.29) is 12.8 Å². The summed E-state index contributed by atoms with van der Waals surface area (Å²) in [6.45, 7) is 0.250. The van der Waals surface area contributed by atoms with E-state index in [2.05, 4.69) is 21.0 Å². The molecule has 2 fully saturated rings. The maximum Gasteiger partial charge on any atom is 0.147 e. The first kappa shape index (κ1) is 18.5. The van der Waals surface area contributed by atoms with Gasteiger partial charge in [-0.25, -0.2) is 9.97 Å². The first-order chi connectivity index (χ1) is 15.2. The van der Waals surface area contributed by atoms with Gasteiger partial charge in [-0.15, -0.1) is 0 Å². The first-order valence-electron chi connectivity index (χ1n) is 10.6. The quantitative estimate of drug-likeness (QED) is 0.513. The van der Waals surface area contributed by atoms with E-state index in [9.17, 15) is 5.11 Å². The molecule has 31 heavy (non-hydrogen) atoms. The maximum atomic E-state index is 10.5. The molecule has 0 amide bonds. The van der Waals surface area contributed by atoms with Gasteiger partial charge < -0.3 is 24.9 Å². The molecule has 6 rings (SSSR count). The number of hydrogen-bond donors (Lipinski definition) is 2. The van der Waals surface area contributed by atoms with E-state index >= 15 is 0 Å². The molecule has 0 radical (unpaired) electrons. The molecule has 1 saturated carbocycles. The smallest absolute Gasteiger partial charge is 0.147 e. The highest BCUT2D eigenvalue weighted by atomic mass is 16.6. The first-order valence-corrected chi connectivity index (χ1v) is 10.6. The Hall–Kier alpha value is -3.23. The van der Waals surface area contributed by atoms with E-state index in [4.69, 9.17) is 15.2 Å². The highest BCUT2D eigenvalue weighted by molar-refractivity contribution is 5.86. The van der Waals surface area contributed by atoms with Crippen molar-refractivity contribution in [3.05, 3.63) is 54.6 Å². The molecule has 4 heterocycles. The summed E-state index contributed by atoms with van der Waals surface area (Å²) in [5, 5.41) is 12.4. The van der Waals surface area contributed by atoms with Gasteiger partial charge in [0.2, 0.25) is 0 Å². The van der Waals surface area contributed by atoms with Crippen LogP contribution >= 0.6 is 0 Å². The second kappa shape index (κ2) is 7.18. The van der Waals surface area contributed by atoms with Gasteiger partial charge in [0.15, 0.2) is 0 Å². The number of nitrogens with two attached hydrogens (primary N) is 1. The Kier molecular flexibility index (Phi) is 4.29. The Morgan fingerprint density at radius 2 is 2.06 bits per heavy atom. The van der Waals surface area contributed by atoms with Gasteiger partial charge in [-0.05, 0) is 48.6 Å². The number of aromatic nitrogens is 4. The zero-order valence-electron chi connectivity index (χ0n) is 16.9. The van der Waals surface area contributed by atoms with Crippen molar-refractivity contribution in [3.63, 3.8) is 0 Å². The summed E-state index contributed by atoms with van der Waals surface area (Å²) in [6, 6.07) is 9.99. The summed E-state index contributed by atoms with van der Waals surface area (Å²) < 4.78 is 13.9. The monoisotopic (exact) mass is 417 g/mol. The summed E-state index contributed by atoms with van der Waals surface area (Å²) >= 11 is 0. The Morgan fingerprint density at radius 3 is 2.94 bits per heavy atom. The van der Waals surface area contributed by atoms with Crippen LogP contribution in [0.3, 0.4) is 0 Å². The number of fused-ring (bicyclic) bond motifs is 2. The third kappa shape index (κ3) is 3.37. The molecule has 1 aromatic carbocycles. The van der Waals surface area contributed by atoms with Gasteiger partial charge in [-0.3, -0.25) is 4.98 Å². The fraction of sp³-hybridized carbons (Fsp3) is 0.348. The normalized spacial score (nSPS) is 23.6. The van der Waals surface area contributed by atoms with Crippen LogP contribution in [0.5, 0.6) is 5.75 Å². The summed E-state index contributed by atoms with van der Waals surface area (Å²) in [4.78, 5) is 12.9. The molecule has 1 aliphatic heterocycles. The van der Waals surface area contributed by atoms with Gasteiger partial charge in [0.25, 0.3) is 0 Å². The molecule has 2 aliphatic rings. The molecule has 1 aliphatic carbocycles. The van der Waals surface area contributed by atoms with Crippen LogP contribution in [0.1, 0.15) is 37.0 Å². The molecule has 0 bridgehead atoms. The van der Waals surface area contributed by atoms with Crippen LogP contribution in [0.25, 0.3) is 21.9 Å². The fourth-order valence-corrected chi connectivity index (χ4v) is 4.29. The lowest BCUT2D eigenvalue weighted by molar-refractivity contribution is -0.0379. The third-order valence-corrected chi connectivity index (χ3v) is 6.19. The summed E-state index contributed by atoms with van der Waals surface area (Å²) in [6.07, 6.45) is 6.82. The summed E-state index contributed by atoms with van der Waals surface area (Å²) in [5.74, 6) is 1.82. The molecular formula is C23H23N5O3. The molecule has 158 valence electrons. The molecule has 8 heteroatoms. The molecule has 0 unspecified atom stereocenters. The second-order valence-corrected chi connectivity index (χ2v) is 8.36. The van der Waals surface area contributed by atoms with Gasteiger partial charge >= 0.3 is 0 Å². The summed E-state index contributed by atoms with van der Waals surface area (Å²) in [5.41, 5.74) is 8.84. The van der Waals surface area contributed by atoms with Gasteiger partial charge in [0.1, 0.15) is 42.5 Å². The molecule has 3 atom stereocenters. The van der Waals surface area contributed by atoms with Crippen LogP contribution in [0.15, 0.2) is 49.1 Å². The predicted molar refractivity (Wildman–Crippen MR) is 116 cm³/mol. The number of benzene rings is 1. The van der Waals surface area contributed by atoms with Crippen LogP contribution in [0.2, 0.25) is 0 Å². The Morgan fingerprint density at radius 1 is 1.16 bits per heavy atom. The van der Waals surface area contributed by atoms with E-state index in [1.54, 1.807) is 0 Å². The average Bonchev–Trinajstić information content (AvgIpc) is 3.44. The lowest BCUT2D eigenvalue weighted by Gasteiger charge is -2.17. The number of hydrogen-bond acceptors (Lipinski definition) is 7. The topological polar surface area (TPSA) is 108 Å². The van der Waals surface area contributed by atoms with Crippen LogP contribution in [-0.2, 0) is 4.74 Å². The largest absolute Gasteiger partial charge is 0.491 e. The minimum absolute atomic E-state index is 0.250. The highest BCUT2D eigenvalue weighted by Crippen LogP contribution is 2.40. The Balaban J connectivity index is 1.15. The minimum atomic E-state index is -0.638. The van der Waals surface area contributed by atoms with Crippen molar-refractivity contribution in [1.82, 2.24) is 19.5 Å². The molecule has 3 N–H and O–H groups in total. The number of ether oxygens (including phenoxy) is 2. The zero-order valence-corrected chi connectivity index (χ0v) is 16.9. The summed E-state index contributed by atoms with van der Waals surface area (Å²) in [7, 11) is 0. The van der Waals surface area contributed by atoms with Crippen molar-refractivity contribution in [2.45, 2.75) is 43.6 Å². The van der Waals surface area contributed by atoms with Crippen molar-refractivity contribution in [1.29, 1.82) is 0 Å². The van der Waals surface area contributed by atoms with Crippen LogP contribution in [0, 0.1) is 0 Å². The lowest BCUT2D eigenvalue weighted by atomic mass is 10.1. The average molecular weight is 417 g/mol. The van der Waals surface area contributed by atoms with E-state index in [1.807, 2.05) is 41.2 Å². The minimum Gasteiger partial charge on any atom is -0.491 e. The SMILES string of the molecule is Nc1ncnc2c1ccn2[C@H]1C[C@H](O)[C@@H](COc2ccc3cc(C4CC4)cnc3c2)O1. The van der Waals surface area contributed by atoms with E-state index in [0.29, 0.717) is 29.6 Å². The number of nitrogens with zero attached hydrogens (tertiary/aromatic N) is 4. The molecule has 3 aromatic heterocycles. The van der Waals surface area contributed by atoms with Crippen molar-refractivity contribution in [2.75, 3.05) is 12.3 Å². The molecule has 0 spiro atoms. The van der Waals surface area contributed by atoms with Gasteiger partial charge in [-0.2, -0.15) is 0 Å². The van der Waals surface area contributed by atoms with Crippen LogP contribution < -0.4 is 10.5 Å². The second-order valence-electron chi connectivity index (χ2n) is 8.36. The lowest BCUT2D eigenvalue weighted by Crippen LogP contribution is -2.28. The maximum absolute atomic E-state index is 10.5.